The fraction of sp³-hybridized carbons (Fsp3) is 0.294. The summed E-state index contributed by atoms with van der Waals surface area (Å²) in [6.45, 7) is 7.85. The molecule has 21 heavy (non-hydrogen) atoms. The van der Waals surface area contributed by atoms with Gasteiger partial charge in [0, 0.05) is 11.6 Å². The molecule has 0 radical (unpaired) electrons. The van der Waals surface area contributed by atoms with Crippen LogP contribution in [0, 0.1) is 19.8 Å². The molecule has 0 saturated carbocycles. The fourth-order valence-electron chi connectivity index (χ4n) is 1.92. The van der Waals surface area contributed by atoms with Crippen molar-refractivity contribution in [3.8, 4) is 0 Å². The van der Waals surface area contributed by atoms with E-state index in [1.165, 1.54) is 11.1 Å². The zero-order valence-electron chi connectivity index (χ0n) is 12.9. The smallest absolute Gasteiger partial charge is 0.226 e. The highest BCUT2D eigenvalue weighted by Crippen LogP contribution is 2.21. The van der Waals surface area contributed by atoms with E-state index in [-0.39, 0.29) is 11.8 Å². The molecule has 0 unspecified atom stereocenters. The van der Waals surface area contributed by atoms with Crippen LogP contribution in [-0.4, -0.2) is 10.9 Å². The molecule has 0 aliphatic carbocycles. The predicted octanol–water partition coefficient (Wildman–Crippen LogP) is 4.04. The molecule has 0 fully saturated rings. The number of nitrogens with zero attached hydrogens (tertiary/aromatic N) is 1. The van der Waals surface area contributed by atoms with Crippen molar-refractivity contribution in [3.05, 3.63) is 47.7 Å². The Morgan fingerprint density at radius 3 is 2.48 bits per heavy atom. The first kappa shape index (κ1) is 15.0. The van der Waals surface area contributed by atoms with Crippen molar-refractivity contribution in [2.45, 2.75) is 27.7 Å². The number of aryl methyl sites for hydroxylation is 2. The standard InChI is InChI=1S/C17H21N3O/c1-11(2)17(21)19-14-6-8-16(18-10-14)20-15-7-5-12(3)9-13(15)4/h5-11H,1-4H3,(H,18,20)(H,19,21). The number of anilines is 3. The molecule has 2 N–H and O–H groups in total. The zero-order chi connectivity index (χ0) is 15.4. The van der Waals surface area contributed by atoms with Gasteiger partial charge in [0.15, 0.2) is 0 Å². The maximum absolute atomic E-state index is 11.6. The van der Waals surface area contributed by atoms with Crippen molar-refractivity contribution in [1.82, 2.24) is 4.98 Å². The first-order valence-electron chi connectivity index (χ1n) is 7.07. The van der Waals surface area contributed by atoms with E-state index >= 15 is 0 Å². The topological polar surface area (TPSA) is 54.0 Å². The molecular weight excluding hydrogens is 262 g/mol. The van der Waals surface area contributed by atoms with Crippen LogP contribution < -0.4 is 10.6 Å². The number of hydrogen-bond acceptors (Lipinski definition) is 3. The van der Waals surface area contributed by atoms with Gasteiger partial charge in [0.1, 0.15) is 5.82 Å². The minimum Gasteiger partial charge on any atom is -0.340 e. The van der Waals surface area contributed by atoms with Crippen molar-refractivity contribution in [1.29, 1.82) is 0 Å². The van der Waals surface area contributed by atoms with Gasteiger partial charge < -0.3 is 10.6 Å². The summed E-state index contributed by atoms with van der Waals surface area (Å²) < 4.78 is 0. The van der Waals surface area contributed by atoms with Crippen molar-refractivity contribution in [3.63, 3.8) is 0 Å². The lowest BCUT2D eigenvalue weighted by Gasteiger charge is -2.11. The Bertz CT molecular complexity index is 633. The van der Waals surface area contributed by atoms with Gasteiger partial charge in [-0.2, -0.15) is 0 Å². The van der Waals surface area contributed by atoms with Crippen LogP contribution in [0.2, 0.25) is 0 Å². The van der Waals surface area contributed by atoms with E-state index in [1.807, 2.05) is 32.0 Å². The molecule has 2 rings (SSSR count). The number of rotatable bonds is 4. The van der Waals surface area contributed by atoms with Crippen LogP contribution in [0.4, 0.5) is 17.2 Å². The first-order valence-corrected chi connectivity index (χ1v) is 7.07. The van der Waals surface area contributed by atoms with Crippen molar-refractivity contribution in [2.75, 3.05) is 10.6 Å². The van der Waals surface area contributed by atoms with E-state index in [2.05, 4.69) is 41.6 Å². The SMILES string of the molecule is Cc1ccc(Nc2ccc(NC(=O)C(C)C)cn2)c(C)c1. The third-order valence-corrected chi connectivity index (χ3v) is 3.20. The summed E-state index contributed by atoms with van der Waals surface area (Å²) in [6, 6.07) is 9.93. The Balaban J connectivity index is 2.07. The van der Waals surface area contributed by atoms with Crippen LogP contribution in [0.3, 0.4) is 0 Å². The van der Waals surface area contributed by atoms with Gasteiger partial charge in [-0.25, -0.2) is 4.98 Å². The van der Waals surface area contributed by atoms with Crippen molar-refractivity contribution < 1.29 is 4.79 Å². The summed E-state index contributed by atoms with van der Waals surface area (Å²) in [5, 5.41) is 6.10. The highest BCUT2D eigenvalue weighted by atomic mass is 16.1. The second-order valence-electron chi connectivity index (χ2n) is 5.52. The van der Waals surface area contributed by atoms with Gasteiger partial charge in [-0.15, -0.1) is 0 Å². The summed E-state index contributed by atoms with van der Waals surface area (Å²) in [6.07, 6.45) is 1.66. The number of hydrogen-bond donors (Lipinski definition) is 2. The molecule has 0 aliphatic heterocycles. The lowest BCUT2D eigenvalue weighted by atomic mass is 10.1. The van der Waals surface area contributed by atoms with Gasteiger partial charge in [-0.05, 0) is 37.6 Å². The lowest BCUT2D eigenvalue weighted by molar-refractivity contribution is -0.118. The summed E-state index contributed by atoms with van der Waals surface area (Å²) >= 11 is 0. The van der Waals surface area contributed by atoms with Gasteiger partial charge in [0.25, 0.3) is 0 Å². The van der Waals surface area contributed by atoms with E-state index < -0.39 is 0 Å². The highest BCUT2D eigenvalue weighted by Gasteiger charge is 2.07. The Morgan fingerprint density at radius 1 is 1.14 bits per heavy atom. The number of aromatic nitrogens is 1. The maximum atomic E-state index is 11.6. The Hall–Kier alpha value is -2.36. The third kappa shape index (κ3) is 4.05. The number of carbonyl (C=O) groups excluding carboxylic acids is 1. The van der Waals surface area contributed by atoms with Gasteiger partial charge in [0.05, 0.1) is 11.9 Å². The lowest BCUT2D eigenvalue weighted by Crippen LogP contribution is -2.17. The zero-order valence-corrected chi connectivity index (χ0v) is 12.9. The van der Waals surface area contributed by atoms with Crippen LogP contribution in [0.25, 0.3) is 0 Å². The number of pyridine rings is 1. The minimum absolute atomic E-state index is 0.00751. The average Bonchev–Trinajstić information content (AvgIpc) is 2.43. The molecule has 0 bridgehead atoms. The van der Waals surface area contributed by atoms with E-state index in [1.54, 1.807) is 6.20 Å². The highest BCUT2D eigenvalue weighted by molar-refractivity contribution is 5.91. The molecule has 0 spiro atoms. The quantitative estimate of drug-likeness (QED) is 0.890. The predicted molar refractivity (Wildman–Crippen MR) is 86.9 cm³/mol. The summed E-state index contributed by atoms with van der Waals surface area (Å²) in [5.41, 5.74) is 4.15. The molecule has 2 aromatic rings. The molecular formula is C17H21N3O. The van der Waals surface area contributed by atoms with E-state index in [9.17, 15) is 4.79 Å². The molecule has 0 atom stereocenters. The van der Waals surface area contributed by atoms with Gasteiger partial charge in [-0.3, -0.25) is 4.79 Å². The Labute approximate surface area is 125 Å². The van der Waals surface area contributed by atoms with E-state index in [0.717, 1.165) is 11.5 Å². The molecule has 1 aromatic heterocycles. The molecule has 0 saturated heterocycles. The van der Waals surface area contributed by atoms with Crippen LogP contribution in [-0.2, 0) is 4.79 Å². The van der Waals surface area contributed by atoms with Crippen molar-refractivity contribution in [2.24, 2.45) is 5.92 Å². The largest absolute Gasteiger partial charge is 0.340 e. The molecule has 110 valence electrons. The normalized spacial score (nSPS) is 10.5. The number of carbonyl (C=O) groups is 1. The van der Waals surface area contributed by atoms with Crippen LogP contribution in [0.1, 0.15) is 25.0 Å². The number of benzene rings is 1. The summed E-state index contributed by atoms with van der Waals surface area (Å²) in [7, 11) is 0. The van der Waals surface area contributed by atoms with Crippen LogP contribution in [0.5, 0.6) is 0 Å². The molecule has 4 nitrogen and oxygen atoms in total. The first-order chi connectivity index (χ1) is 9.95. The van der Waals surface area contributed by atoms with Crippen LogP contribution in [0.15, 0.2) is 36.5 Å². The van der Waals surface area contributed by atoms with Gasteiger partial charge in [0.2, 0.25) is 5.91 Å². The molecule has 4 heteroatoms. The third-order valence-electron chi connectivity index (χ3n) is 3.20. The molecule has 1 heterocycles. The fourth-order valence-corrected chi connectivity index (χ4v) is 1.92. The van der Waals surface area contributed by atoms with Crippen LogP contribution >= 0.6 is 0 Å². The monoisotopic (exact) mass is 283 g/mol. The van der Waals surface area contributed by atoms with E-state index in [0.29, 0.717) is 5.69 Å². The Morgan fingerprint density at radius 2 is 1.90 bits per heavy atom. The Kier molecular flexibility index (Phi) is 4.58. The van der Waals surface area contributed by atoms with Crippen molar-refractivity contribution >= 4 is 23.1 Å². The maximum Gasteiger partial charge on any atom is 0.226 e. The summed E-state index contributed by atoms with van der Waals surface area (Å²) in [5.74, 6) is 0.703. The summed E-state index contributed by atoms with van der Waals surface area (Å²) in [4.78, 5) is 15.9. The van der Waals surface area contributed by atoms with E-state index in [4.69, 9.17) is 0 Å². The number of nitrogens with one attached hydrogen (secondary N) is 2. The molecule has 1 aromatic carbocycles. The molecule has 0 aliphatic rings. The second-order valence-corrected chi connectivity index (χ2v) is 5.52. The van der Waals surface area contributed by atoms with Gasteiger partial charge in [-0.1, -0.05) is 31.5 Å². The molecule has 1 amide bonds. The second kappa shape index (κ2) is 6.39. The average molecular weight is 283 g/mol. The van der Waals surface area contributed by atoms with Gasteiger partial charge >= 0.3 is 0 Å². The number of amides is 1. The minimum atomic E-state index is -0.0435.